The minimum absolute atomic E-state index is 0.178. The van der Waals surface area contributed by atoms with Crippen molar-refractivity contribution in [1.82, 2.24) is 4.57 Å². The molecule has 0 radical (unpaired) electrons. The summed E-state index contributed by atoms with van der Waals surface area (Å²) in [6.07, 6.45) is 0. The summed E-state index contributed by atoms with van der Waals surface area (Å²) in [6, 6.07) is 31.1. The van der Waals surface area contributed by atoms with Gasteiger partial charge in [-0.05, 0) is 48.0 Å². The van der Waals surface area contributed by atoms with Crippen molar-refractivity contribution in [3.05, 3.63) is 131 Å². The smallest absolute Gasteiger partial charge is 0.272 e. The molecule has 0 bridgehead atoms. The van der Waals surface area contributed by atoms with E-state index in [4.69, 9.17) is 11.6 Å². The molecule has 6 nitrogen and oxygen atoms in total. The molecule has 1 aromatic heterocycles. The summed E-state index contributed by atoms with van der Waals surface area (Å²) < 4.78 is 1.98. The molecule has 0 aliphatic carbocycles. The highest BCUT2D eigenvalue weighted by molar-refractivity contribution is 6.40. The first kappa shape index (κ1) is 22.8. The fraction of sp³-hybridized carbons (Fsp3) is 0.0333. The Kier molecular flexibility index (Phi) is 5.58. The highest BCUT2D eigenvalue weighted by Gasteiger charge is 2.37. The summed E-state index contributed by atoms with van der Waals surface area (Å²) in [7, 11) is 0. The van der Waals surface area contributed by atoms with Gasteiger partial charge in [-0.2, -0.15) is 0 Å². The molecule has 0 atom stereocenters. The zero-order valence-electron chi connectivity index (χ0n) is 19.5. The third kappa shape index (κ3) is 3.97. The first-order valence-electron chi connectivity index (χ1n) is 11.7. The molecule has 1 aliphatic heterocycles. The van der Waals surface area contributed by atoms with Crippen LogP contribution in [0.2, 0.25) is 5.02 Å². The molecule has 1 aliphatic rings. The fourth-order valence-corrected chi connectivity index (χ4v) is 4.97. The molecule has 6 rings (SSSR count). The van der Waals surface area contributed by atoms with Gasteiger partial charge >= 0.3 is 0 Å². The highest BCUT2D eigenvalue weighted by atomic mass is 35.5. The number of aromatic nitrogens is 1. The topological polar surface area (TPSA) is 71.4 Å². The second-order valence-electron chi connectivity index (χ2n) is 8.77. The Bertz CT molecular complexity index is 1670. The summed E-state index contributed by atoms with van der Waals surface area (Å²) in [4.78, 5) is 40.2. The zero-order valence-corrected chi connectivity index (χ0v) is 20.3. The standard InChI is InChI=1S/C30H20ClN3O3/c31-24-17-21(14-15-26(24)34-29(36)22-11-5-6-12-23(22)30(34)37)32-28(35)27-16-20-10-4-7-13-25(20)33(27)18-19-8-2-1-3-9-19/h1-17H,18H2,(H,32,35). The minimum Gasteiger partial charge on any atom is -0.332 e. The first-order chi connectivity index (χ1) is 18.0. The van der Waals surface area contributed by atoms with Gasteiger partial charge in [-0.3, -0.25) is 14.4 Å². The Morgan fingerprint density at radius 1 is 0.757 bits per heavy atom. The Morgan fingerprint density at radius 3 is 2.11 bits per heavy atom. The summed E-state index contributed by atoms with van der Waals surface area (Å²) in [6.45, 7) is 0.538. The third-order valence-electron chi connectivity index (χ3n) is 6.47. The molecular weight excluding hydrogens is 486 g/mol. The van der Waals surface area contributed by atoms with Crippen molar-refractivity contribution < 1.29 is 14.4 Å². The number of hydrogen-bond donors (Lipinski definition) is 1. The molecule has 3 amide bonds. The summed E-state index contributed by atoms with van der Waals surface area (Å²) in [5.41, 5.74) is 3.93. The number of amides is 3. The van der Waals surface area contributed by atoms with Gasteiger partial charge in [-0.15, -0.1) is 0 Å². The molecule has 1 N–H and O–H groups in total. The van der Waals surface area contributed by atoms with Crippen molar-refractivity contribution in [3.8, 4) is 0 Å². The number of nitrogens with one attached hydrogen (secondary N) is 1. The maximum Gasteiger partial charge on any atom is 0.272 e. The Balaban J connectivity index is 1.29. The summed E-state index contributed by atoms with van der Waals surface area (Å²) >= 11 is 6.51. The van der Waals surface area contributed by atoms with Crippen molar-refractivity contribution in [1.29, 1.82) is 0 Å². The van der Waals surface area contributed by atoms with E-state index in [9.17, 15) is 14.4 Å². The van der Waals surface area contributed by atoms with Crippen molar-refractivity contribution in [2.75, 3.05) is 10.2 Å². The lowest BCUT2D eigenvalue weighted by molar-refractivity contribution is 0.0924. The van der Waals surface area contributed by atoms with Crippen LogP contribution < -0.4 is 10.2 Å². The van der Waals surface area contributed by atoms with E-state index in [2.05, 4.69) is 5.32 Å². The molecule has 180 valence electrons. The molecule has 0 fully saturated rings. The second-order valence-corrected chi connectivity index (χ2v) is 9.18. The van der Waals surface area contributed by atoms with Gasteiger partial charge in [0.2, 0.25) is 0 Å². The van der Waals surface area contributed by atoms with Gasteiger partial charge in [-0.25, -0.2) is 4.90 Å². The zero-order chi connectivity index (χ0) is 25.5. The first-order valence-corrected chi connectivity index (χ1v) is 12.1. The Labute approximate surface area is 217 Å². The van der Waals surface area contributed by atoms with E-state index in [-0.39, 0.29) is 16.6 Å². The van der Waals surface area contributed by atoms with Gasteiger partial charge in [0.05, 0.1) is 21.8 Å². The van der Waals surface area contributed by atoms with Gasteiger partial charge in [0.1, 0.15) is 5.69 Å². The maximum absolute atomic E-state index is 13.4. The van der Waals surface area contributed by atoms with Gasteiger partial charge in [0, 0.05) is 23.1 Å². The van der Waals surface area contributed by atoms with E-state index in [0.717, 1.165) is 21.4 Å². The van der Waals surface area contributed by atoms with E-state index in [0.29, 0.717) is 29.1 Å². The van der Waals surface area contributed by atoms with E-state index < -0.39 is 11.8 Å². The van der Waals surface area contributed by atoms with E-state index >= 15 is 0 Å². The lowest BCUT2D eigenvalue weighted by Gasteiger charge is -2.17. The lowest BCUT2D eigenvalue weighted by Crippen LogP contribution is -2.29. The molecule has 5 aromatic rings. The molecular formula is C30H20ClN3O3. The number of carbonyl (C=O) groups is 3. The summed E-state index contributed by atoms with van der Waals surface area (Å²) in [5, 5.41) is 4.05. The molecule has 2 heterocycles. The van der Waals surface area contributed by atoms with E-state index in [1.807, 2.05) is 65.2 Å². The van der Waals surface area contributed by atoms with Crippen LogP contribution in [0.3, 0.4) is 0 Å². The normalized spacial score (nSPS) is 12.7. The number of para-hydroxylation sites is 1. The molecule has 0 unspecified atom stereocenters. The number of benzene rings is 4. The van der Waals surface area contributed by atoms with Crippen LogP contribution in [0.4, 0.5) is 11.4 Å². The van der Waals surface area contributed by atoms with E-state index in [1.54, 1.807) is 42.5 Å². The number of imide groups is 1. The molecule has 37 heavy (non-hydrogen) atoms. The van der Waals surface area contributed by atoms with Gasteiger partial charge in [0.25, 0.3) is 17.7 Å². The van der Waals surface area contributed by atoms with Crippen LogP contribution in [-0.4, -0.2) is 22.3 Å². The van der Waals surface area contributed by atoms with Gasteiger partial charge < -0.3 is 9.88 Å². The van der Waals surface area contributed by atoms with Crippen LogP contribution in [0.15, 0.2) is 103 Å². The SMILES string of the molecule is O=C(Nc1ccc(N2C(=O)c3ccccc3C2=O)c(Cl)c1)c1cc2ccccc2n1Cc1ccccc1. The van der Waals surface area contributed by atoms with Gasteiger partial charge in [0.15, 0.2) is 0 Å². The highest BCUT2D eigenvalue weighted by Crippen LogP contribution is 2.35. The van der Waals surface area contributed by atoms with Crippen molar-refractivity contribution in [2.45, 2.75) is 6.54 Å². The van der Waals surface area contributed by atoms with Crippen LogP contribution >= 0.6 is 11.6 Å². The quantitative estimate of drug-likeness (QED) is 0.281. The molecule has 4 aromatic carbocycles. The number of anilines is 2. The molecule has 0 saturated carbocycles. The molecule has 0 spiro atoms. The van der Waals surface area contributed by atoms with Crippen LogP contribution in [0, 0.1) is 0 Å². The predicted molar refractivity (Wildman–Crippen MR) is 144 cm³/mol. The van der Waals surface area contributed by atoms with Crippen molar-refractivity contribution in [2.24, 2.45) is 0 Å². The number of nitrogens with zero attached hydrogens (tertiary/aromatic N) is 2. The predicted octanol–water partition coefficient (Wildman–Crippen LogP) is 6.40. The lowest BCUT2D eigenvalue weighted by atomic mass is 10.1. The van der Waals surface area contributed by atoms with Crippen LogP contribution in [0.1, 0.15) is 36.8 Å². The monoisotopic (exact) mass is 505 g/mol. The molecule has 7 heteroatoms. The van der Waals surface area contributed by atoms with Crippen molar-refractivity contribution >= 4 is 51.6 Å². The average molecular weight is 506 g/mol. The summed E-state index contributed by atoms with van der Waals surface area (Å²) in [5.74, 6) is -1.15. The van der Waals surface area contributed by atoms with Crippen LogP contribution in [-0.2, 0) is 6.54 Å². The third-order valence-corrected chi connectivity index (χ3v) is 6.77. The second kappa shape index (κ2) is 9.08. The number of rotatable bonds is 5. The van der Waals surface area contributed by atoms with Gasteiger partial charge in [-0.1, -0.05) is 72.3 Å². The van der Waals surface area contributed by atoms with Crippen LogP contribution in [0.25, 0.3) is 10.9 Å². The van der Waals surface area contributed by atoms with Crippen molar-refractivity contribution in [3.63, 3.8) is 0 Å². The van der Waals surface area contributed by atoms with E-state index in [1.165, 1.54) is 0 Å². The number of fused-ring (bicyclic) bond motifs is 2. The Morgan fingerprint density at radius 2 is 1.41 bits per heavy atom. The number of hydrogen-bond acceptors (Lipinski definition) is 3. The average Bonchev–Trinajstić information content (AvgIpc) is 3.40. The molecule has 0 saturated heterocycles. The fourth-order valence-electron chi connectivity index (χ4n) is 4.70. The minimum atomic E-state index is -0.426. The Hall–Kier alpha value is -4.68. The maximum atomic E-state index is 13.4. The largest absolute Gasteiger partial charge is 0.332 e. The number of halogens is 1. The number of carbonyl (C=O) groups excluding carboxylic acids is 3. The van der Waals surface area contributed by atoms with Crippen LogP contribution in [0.5, 0.6) is 0 Å².